The Balaban J connectivity index is 0. The van der Waals surface area contributed by atoms with Crippen molar-refractivity contribution in [2.45, 2.75) is 0 Å². The van der Waals surface area contributed by atoms with E-state index in [1.165, 1.54) is 0 Å². The van der Waals surface area contributed by atoms with E-state index in [0.29, 0.717) is 0 Å². The molecular weight excluding hydrogens is 328 g/mol. The standard InChI is InChI=1S/Bi.Li.Mg.Sr.5H/q;+1;2*+2;5*-1. The molecule has 4 heavy (non-hydrogen) atoms. The maximum Gasteiger partial charge on any atom is 2.00 e. The number of rotatable bonds is 0. The van der Waals surface area contributed by atoms with Gasteiger partial charge >= 0.3 is 87.4 Å². The van der Waals surface area contributed by atoms with E-state index in [-0.39, 0.29) is 121 Å². The fourth-order valence-corrected chi connectivity index (χ4v) is 0. The average molecular weight is 333 g/mol. The first-order valence-corrected chi connectivity index (χ1v) is 0. The van der Waals surface area contributed by atoms with E-state index in [0.717, 1.165) is 0 Å². The van der Waals surface area contributed by atoms with Gasteiger partial charge in [0.15, 0.2) is 0 Å². The molecule has 4 heteroatoms. The van der Waals surface area contributed by atoms with Gasteiger partial charge in [0, 0.05) is 26.2 Å². The molecule has 0 fully saturated rings. The molecule has 0 rings (SSSR count). The minimum Gasteiger partial charge on any atom is -1.00 e. The summed E-state index contributed by atoms with van der Waals surface area (Å²) in [4.78, 5) is 0. The van der Waals surface area contributed by atoms with Gasteiger partial charge in [-0.3, -0.25) is 0 Å². The molecule has 0 aromatic rings. The van der Waals surface area contributed by atoms with Crippen LogP contribution < -0.4 is 18.9 Å². The van der Waals surface area contributed by atoms with Crippen molar-refractivity contribution in [3.8, 4) is 0 Å². The van der Waals surface area contributed by atoms with Crippen molar-refractivity contribution in [2.75, 3.05) is 0 Å². The van der Waals surface area contributed by atoms with Crippen LogP contribution in [0.1, 0.15) is 7.13 Å². The molecule has 0 spiro atoms. The number of hydrogen-bond donors (Lipinski definition) is 0. The van der Waals surface area contributed by atoms with Gasteiger partial charge < -0.3 is 7.13 Å². The molecule has 0 aromatic carbocycles. The summed E-state index contributed by atoms with van der Waals surface area (Å²) in [6.07, 6.45) is 0. The first-order valence-electron chi connectivity index (χ1n) is 0. The molecule has 0 aromatic heterocycles. The predicted molar refractivity (Wildman–Crippen MR) is 22.8 cm³/mol. The van der Waals surface area contributed by atoms with E-state index in [9.17, 15) is 0 Å². The van der Waals surface area contributed by atoms with Gasteiger partial charge in [0.25, 0.3) is 0 Å². The van der Waals surface area contributed by atoms with Crippen LogP contribution in [0.4, 0.5) is 0 Å². The molecule has 15 valence electrons. The van der Waals surface area contributed by atoms with Crippen LogP contribution in [0.15, 0.2) is 0 Å². The maximum absolute atomic E-state index is 0. The molecule has 0 amide bonds. The van der Waals surface area contributed by atoms with E-state index in [4.69, 9.17) is 0 Å². The average Bonchev–Trinajstić information content (AvgIpc) is 0. The van der Waals surface area contributed by atoms with Crippen molar-refractivity contribution in [2.24, 2.45) is 0 Å². The van der Waals surface area contributed by atoms with Crippen LogP contribution in [-0.2, 0) is 0 Å². The zero-order valence-corrected chi connectivity index (χ0v) is 11.2. The molecule has 0 aliphatic heterocycles. The summed E-state index contributed by atoms with van der Waals surface area (Å²) in [5.41, 5.74) is 0. The molecule has 0 aliphatic rings. The largest absolute Gasteiger partial charge is 2.00 e. The minimum absolute atomic E-state index is 0. The summed E-state index contributed by atoms with van der Waals surface area (Å²) in [7, 11) is 0. The van der Waals surface area contributed by atoms with Crippen LogP contribution in [0.25, 0.3) is 0 Å². The molecule has 0 nitrogen and oxygen atoms in total. The van der Waals surface area contributed by atoms with Gasteiger partial charge in [-0.05, 0) is 0 Å². The Morgan fingerprint density at radius 2 is 1.25 bits per heavy atom. The van der Waals surface area contributed by atoms with E-state index < -0.39 is 0 Å². The van der Waals surface area contributed by atoms with Gasteiger partial charge in [-0.1, -0.05) is 0 Å². The van der Waals surface area contributed by atoms with Gasteiger partial charge in [0.1, 0.15) is 0 Å². The van der Waals surface area contributed by atoms with Crippen LogP contribution in [0.2, 0.25) is 0 Å². The fourth-order valence-electron chi connectivity index (χ4n) is 0. The van der Waals surface area contributed by atoms with E-state index >= 15 is 0 Å². The second kappa shape index (κ2) is 15.9. The topological polar surface area (TPSA) is 0 Å². The third-order valence-corrected chi connectivity index (χ3v) is 0. The summed E-state index contributed by atoms with van der Waals surface area (Å²) in [6.45, 7) is 0. The minimum atomic E-state index is 0. The molecule has 0 saturated heterocycles. The van der Waals surface area contributed by atoms with Crippen molar-refractivity contribution >= 4 is 94.7 Å². The van der Waals surface area contributed by atoms with Crippen molar-refractivity contribution < 1.29 is 26.0 Å². The zero-order valence-electron chi connectivity index (χ0n) is 7.86. The van der Waals surface area contributed by atoms with Crippen LogP contribution in [0.5, 0.6) is 0 Å². The summed E-state index contributed by atoms with van der Waals surface area (Å²) >= 11 is 0. The van der Waals surface area contributed by atoms with Crippen molar-refractivity contribution in [3.05, 3.63) is 0 Å². The van der Waals surface area contributed by atoms with Crippen molar-refractivity contribution in [3.63, 3.8) is 0 Å². The molecule has 0 saturated carbocycles. The Morgan fingerprint density at radius 3 is 1.25 bits per heavy atom. The fraction of sp³-hybridized carbons (Fsp3) is 0. The Labute approximate surface area is 118 Å². The van der Waals surface area contributed by atoms with E-state index in [2.05, 4.69) is 0 Å². The van der Waals surface area contributed by atoms with Crippen molar-refractivity contribution in [1.82, 2.24) is 0 Å². The molecule has 0 N–H and O–H groups in total. The van der Waals surface area contributed by atoms with Gasteiger partial charge in [-0.15, -0.1) is 0 Å². The van der Waals surface area contributed by atoms with E-state index in [1.807, 2.05) is 0 Å². The van der Waals surface area contributed by atoms with Gasteiger partial charge in [-0.25, -0.2) is 0 Å². The zero-order chi connectivity index (χ0) is 0. The summed E-state index contributed by atoms with van der Waals surface area (Å²) in [5, 5.41) is 0. The summed E-state index contributed by atoms with van der Waals surface area (Å²) in [6, 6.07) is 0. The molecule has 0 bridgehead atoms. The molecule has 3 radical (unpaired) electrons. The summed E-state index contributed by atoms with van der Waals surface area (Å²) in [5.74, 6) is 0. The SMILES string of the molecule is [Bi].[H-].[H-].[H-].[H-].[H-].[Li+].[Mg+2].[Sr+2]. The molecule has 0 heterocycles. The second-order valence-electron chi connectivity index (χ2n) is 0. The number of hydrogen-bond acceptors (Lipinski definition) is 0. The first-order chi connectivity index (χ1) is 0. The van der Waals surface area contributed by atoms with Crippen molar-refractivity contribution in [1.29, 1.82) is 0 Å². The molecule has 0 unspecified atom stereocenters. The quantitative estimate of drug-likeness (QED) is 0.403. The van der Waals surface area contributed by atoms with Crippen LogP contribution >= 0.6 is 0 Å². The van der Waals surface area contributed by atoms with Gasteiger partial charge in [-0.2, -0.15) is 0 Å². The molecule has 0 atom stereocenters. The third kappa shape index (κ3) is 9.21. The monoisotopic (exact) mass is 333 g/mol. The normalized spacial score (nSPS) is 0. The van der Waals surface area contributed by atoms with Gasteiger partial charge in [0.2, 0.25) is 0 Å². The van der Waals surface area contributed by atoms with Crippen LogP contribution in [0.3, 0.4) is 0 Å². The second-order valence-corrected chi connectivity index (χ2v) is 0. The molecule has 0 aliphatic carbocycles. The Morgan fingerprint density at radius 1 is 1.25 bits per heavy atom. The molecular formula is H5BiLiMgSr. The Hall–Kier alpha value is 3.73. The van der Waals surface area contributed by atoms with Gasteiger partial charge in [0.05, 0.1) is 0 Å². The third-order valence-electron chi connectivity index (χ3n) is 0. The van der Waals surface area contributed by atoms with Crippen LogP contribution in [-0.4, -0.2) is 94.7 Å². The Kier molecular flexibility index (Phi) is 100.0. The summed E-state index contributed by atoms with van der Waals surface area (Å²) < 4.78 is 0. The maximum atomic E-state index is 0. The van der Waals surface area contributed by atoms with Crippen LogP contribution in [0, 0.1) is 0 Å². The smallest absolute Gasteiger partial charge is 1.00 e. The van der Waals surface area contributed by atoms with E-state index in [1.54, 1.807) is 0 Å². The first kappa shape index (κ1) is 25.2. The Bertz CT molecular complexity index is 16.9. The predicted octanol–water partition coefficient (Wildman–Crippen LogP) is -3.58.